The molecule has 3 aromatic rings. The number of nitrogens with zero attached hydrogens (tertiary/aromatic N) is 2. The second-order valence-electron chi connectivity index (χ2n) is 6.90. The van der Waals surface area contributed by atoms with Crippen LogP contribution in [0.4, 0.5) is 10.5 Å². The van der Waals surface area contributed by atoms with Crippen LogP contribution in [-0.2, 0) is 0 Å². The number of urea groups is 1. The van der Waals surface area contributed by atoms with E-state index in [0.29, 0.717) is 38.9 Å². The first kappa shape index (κ1) is 19.8. The predicted octanol–water partition coefficient (Wildman–Crippen LogP) is 3.84. The Kier molecular flexibility index (Phi) is 5.09. The molecule has 0 saturated heterocycles. The van der Waals surface area contributed by atoms with E-state index in [9.17, 15) is 9.59 Å². The number of primary amides is 2. The fourth-order valence-corrected chi connectivity index (χ4v) is 3.56. The normalized spacial score (nSPS) is 13.1. The molecule has 30 heavy (non-hydrogen) atoms. The molecule has 1 fully saturated rings. The number of benzene rings is 2. The third-order valence-corrected chi connectivity index (χ3v) is 5.15. The molecule has 8 nitrogen and oxygen atoms in total. The van der Waals surface area contributed by atoms with Crippen molar-refractivity contribution in [2.75, 3.05) is 12.0 Å². The molecule has 0 atom stereocenters. The molecule has 2 aromatic carbocycles. The van der Waals surface area contributed by atoms with Gasteiger partial charge in [-0.2, -0.15) is 0 Å². The maximum absolute atomic E-state index is 11.8. The second kappa shape index (κ2) is 7.72. The van der Waals surface area contributed by atoms with Crippen LogP contribution < -0.4 is 25.8 Å². The first-order valence-electron chi connectivity index (χ1n) is 9.21. The van der Waals surface area contributed by atoms with Gasteiger partial charge < -0.3 is 20.9 Å². The summed E-state index contributed by atoms with van der Waals surface area (Å²) >= 11 is 6.41. The molecule has 0 aliphatic heterocycles. The van der Waals surface area contributed by atoms with Crippen LogP contribution in [0.2, 0.25) is 5.02 Å². The molecule has 0 unspecified atom stereocenters. The zero-order chi connectivity index (χ0) is 21.4. The Morgan fingerprint density at radius 3 is 2.50 bits per heavy atom. The highest BCUT2D eigenvalue weighted by atomic mass is 35.5. The zero-order valence-corrected chi connectivity index (χ0v) is 16.8. The van der Waals surface area contributed by atoms with Gasteiger partial charge >= 0.3 is 6.03 Å². The summed E-state index contributed by atoms with van der Waals surface area (Å²) < 4.78 is 11.2. The number of amides is 3. The molecule has 1 aliphatic rings. The number of fused-ring (bicyclic) bond motifs is 1. The number of hydrogen-bond acceptors (Lipinski definition) is 5. The zero-order valence-electron chi connectivity index (χ0n) is 16.1. The van der Waals surface area contributed by atoms with Crippen molar-refractivity contribution in [1.29, 1.82) is 0 Å². The number of carbonyl (C=O) groups is 2. The molecule has 0 spiro atoms. The van der Waals surface area contributed by atoms with Crippen molar-refractivity contribution in [1.82, 2.24) is 4.98 Å². The number of ether oxygens (including phenoxy) is 2. The minimum atomic E-state index is -0.623. The molecule has 1 aliphatic carbocycles. The van der Waals surface area contributed by atoms with Gasteiger partial charge in [0.05, 0.1) is 28.9 Å². The summed E-state index contributed by atoms with van der Waals surface area (Å²) in [6.07, 6.45) is 3.37. The number of anilines is 1. The Hall–Kier alpha value is -3.52. The number of aromatic nitrogens is 1. The summed E-state index contributed by atoms with van der Waals surface area (Å²) in [6.45, 7) is 0. The molecule has 3 amide bonds. The molecule has 9 heteroatoms. The maximum atomic E-state index is 11.8. The number of rotatable bonds is 6. The number of pyridine rings is 1. The standard InChI is InChI=1S/C21H19ClN4O4/c1-29-19-10-16-13(9-14(19)20(23)27)18(6-7-25-16)30-12-4-5-17(15(22)8-12)26(21(24)28)11-2-3-11/h4-11H,2-3H2,1H3,(H2,23,27)(H2,24,28). The van der Waals surface area contributed by atoms with E-state index in [1.807, 2.05) is 0 Å². The lowest BCUT2D eigenvalue weighted by Gasteiger charge is -2.21. The van der Waals surface area contributed by atoms with Gasteiger partial charge in [0.1, 0.15) is 17.2 Å². The fourth-order valence-electron chi connectivity index (χ4n) is 3.30. The van der Waals surface area contributed by atoms with Gasteiger partial charge in [-0.15, -0.1) is 0 Å². The molecule has 4 N–H and O–H groups in total. The molecule has 4 rings (SSSR count). The van der Waals surface area contributed by atoms with Gasteiger partial charge in [-0.3, -0.25) is 14.7 Å². The quantitative estimate of drug-likeness (QED) is 0.620. The fraction of sp³-hybridized carbons (Fsp3) is 0.190. The Balaban J connectivity index is 1.70. The number of nitrogens with two attached hydrogens (primary N) is 2. The van der Waals surface area contributed by atoms with E-state index in [2.05, 4.69) is 4.98 Å². The maximum Gasteiger partial charge on any atom is 0.319 e. The van der Waals surface area contributed by atoms with Crippen LogP contribution in [0.15, 0.2) is 42.6 Å². The number of methoxy groups -OCH3 is 1. The number of carbonyl (C=O) groups excluding carboxylic acids is 2. The van der Waals surface area contributed by atoms with Gasteiger partial charge in [-0.05, 0) is 37.1 Å². The van der Waals surface area contributed by atoms with Crippen LogP contribution in [0.5, 0.6) is 17.2 Å². The molecular weight excluding hydrogens is 408 g/mol. The predicted molar refractivity (Wildman–Crippen MR) is 113 cm³/mol. The van der Waals surface area contributed by atoms with E-state index in [1.165, 1.54) is 12.0 Å². The van der Waals surface area contributed by atoms with Crippen LogP contribution >= 0.6 is 11.6 Å². The van der Waals surface area contributed by atoms with Crippen molar-refractivity contribution >= 4 is 40.1 Å². The Bertz CT molecular complexity index is 1160. The van der Waals surface area contributed by atoms with Crippen molar-refractivity contribution in [3.63, 3.8) is 0 Å². The third-order valence-electron chi connectivity index (χ3n) is 4.84. The Morgan fingerprint density at radius 2 is 1.90 bits per heavy atom. The molecule has 154 valence electrons. The summed E-state index contributed by atoms with van der Waals surface area (Å²) in [5, 5.41) is 0.931. The third kappa shape index (κ3) is 3.69. The van der Waals surface area contributed by atoms with E-state index >= 15 is 0 Å². The van der Waals surface area contributed by atoms with Gasteiger partial charge in [-0.1, -0.05) is 11.6 Å². The molecular formula is C21H19ClN4O4. The SMILES string of the molecule is COc1cc2nccc(Oc3ccc(N(C(N)=O)C4CC4)c(Cl)c3)c2cc1C(N)=O. The summed E-state index contributed by atoms with van der Waals surface area (Å²) in [4.78, 5) is 29.4. The average Bonchev–Trinajstić information content (AvgIpc) is 3.53. The van der Waals surface area contributed by atoms with Gasteiger partial charge in [-0.25, -0.2) is 4.79 Å². The van der Waals surface area contributed by atoms with Crippen molar-refractivity contribution < 1.29 is 19.1 Å². The molecule has 0 bridgehead atoms. The minimum absolute atomic E-state index is 0.0816. The Morgan fingerprint density at radius 1 is 1.13 bits per heavy atom. The Labute approximate surface area is 177 Å². The first-order chi connectivity index (χ1) is 14.4. The van der Waals surface area contributed by atoms with Crippen molar-refractivity contribution in [3.05, 3.63) is 53.2 Å². The molecule has 1 aromatic heterocycles. The van der Waals surface area contributed by atoms with Gasteiger partial charge in [0.2, 0.25) is 0 Å². The van der Waals surface area contributed by atoms with Gasteiger partial charge in [0.15, 0.2) is 0 Å². The van der Waals surface area contributed by atoms with E-state index in [4.69, 9.17) is 32.5 Å². The van der Waals surface area contributed by atoms with Crippen molar-refractivity contribution in [2.45, 2.75) is 18.9 Å². The summed E-state index contributed by atoms with van der Waals surface area (Å²) in [6, 6.07) is 9.42. The van der Waals surface area contributed by atoms with E-state index in [0.717, 1.165) is 12.8 Å². The highest BCUT2D eigenvalue weighted by molar-refractivity contribution is 6.34. The summed E-state index contributed by atoms with van der Waals surface area (Å²) in [5.74, 6) is 0.622. The molecule has 1 heterocycles. The smallest absolute Gasteiger partial charge is 0.319 e. The largest absolute Gasteiger partial charge is 0.496 e. The van der Waals surface area contributed by atoms with Crippen LogP contribution in [0.25, 0.3) is 10.9 Å². The van der Waals surface area contributed by atoms with Crippen LogP contribution in [0.3, 0.4) is 0 Å². The topological polar surface area (TPSA) is 121 Å². The average molecular weight is 427 g/mol. The van der Waals surface area contributed by atoms with E-state index < -0.39 is 11.9 Å². The number of halogens is 1. The highest BCUT2D eigenvalue weighted by Crippen LogP contribution is 2.39. The monoisotopic (exact) mass is 426 g/mol. The van der Waals surface area contributed by atoms with Crippen LogP contribution in [-0.4, -0.2) is 30.1 Å². The highest BCUT2D eigenvalue weighted by Gasteiger charge is 2.33. The lowest BCUT2D eigenvalue weighted by Crippen LogP contribution is -2.37. The number of hydrogen-bond donors (Lipinski definition) is 2. The second-order valence-corrected chi connectivity index (χ2v) is 7.30. The molecule has 1 saturated carbocycles. The van der Waals surface area contributed by atoms with Crippen molar-refractivity contribution in [2.24, 2.45) is 11.5 Å². The van der Waals surface area contributed by atoms with Crippen LogP contribution in [0.1, 0.15) is 23.2 Å². The lowest BCUT2D eigenvalue weighted by molar-refractivity contribution is 0.0997. The van der Waals surface area contributed by atoms with E-state index in [-0.39, 0.29) is 11.6 Å². The van der Waals surface area contributed by atoms with Gasteiger partial charge in [0, 0.05) is 29.8 Å². The summed E-state index contributed by atoms with van der Waals surface area (Å²) in [7, 11) is 1.45. The first-order valence-corrected chi connectivity index (χ1v) is 9.59. The molecule has 0 radical (unpaired) electrons. The van der Waals surface area contributed by atoms with Crippen LogP contribution in [0, 0.1) is 0 Å². The van der Waals surface area contributed by atoms with Crippen molar-refractivity contribution in [3.8, 4) is 17.2 Å². The minimum Gasteiger partial charge on any atom is -0.496 e. The lowest BCUT2D eigenvalue weighted by atomic mass is 10.1. The van der Waals surface area contributed by atoms with Gasteiger partial charge in [0.25, 0.3) is 5.91 Å². The van der Waals surface area contributed by atoms with E-state index in [1.54, 1.807) is 42.6 Å². The summed E-state index contributed by atoms with van der Waals surface area (Å²) in [5.41, 5.74) is 12.3.